The van der Waals surface area contributed by atoms with E-state index in [1.54, 1.807) is 25.3 Å². The molecule has 1 atom stereocenters. The number of nitrogens with zero attached hydrogens (tertiary/aromatic N) is 1. The SMILES string of the molecule is COc1cccc(C2CCCN2C(=O)CCNS(=O)(=O)c2ccccc2)c1. The van der Waals surface area contributed by atoms with E-state index in [1.807, 2.05) is 29.2 Å². The van der Waals surface area contributed by atoms with Crippen LogP contribution in [-0.2, 0) is 14.8 Å². The van der Waals surface area contributed by atoms with Crippen LogP contribution in [0.4, 0.5) is 0 Å². The van der Waals surface area contributed by atoms with Gasteiger partial charge in [-0.15, -0.1) is 0 Å². The van der Waals surface area contributed by atoms with Crippen LogP contribution in [0, 0.1) is 0 Å². The van der Waals surface area contributed by atoms with Gasteiger partial charge in [-0.1, -0.05) is 30.3 Å². The third-order valence-electron chi connectivity index (χ3n) is 4.74. The zero-order chi connectivity index (χ0) is 19.3. The number of nitrogens with one attached hydrogen (secondary N) is 1. The fourth-order valence-electron chi connectivity index (χ4n) is 3.38. The first-order chi connectivity index (χ1) is 13.0. The molecule has 0 aliphatic carbocycles. The van der Waals surface area contributed by atoms with E-state index in [1.165, 1.54) is 12.1 Å². The molecule has 1 amide bonds. The molecule has 144 valence electrons. The number of benzene rings is 2. The Labute approximate surface area is 160 Å². The molecule has 7 heteroatoms. The van der Waals surface area contributed by atoms with E-state index >= 15 is 0 Å². The summed E-state index contributed by atoms with van der Waals surface area (Å²) in [6.07, 6.45) is 1.96. The van der Waals surface area contributed by atoms with Crippen molar-refractivity contribution in [1.82, 2.24) is 9.62 Å². The van der Waals surface area contributed by atoms with Crippen LogP contribution < -0.4 is 9.46 Å². The van der Waals surface area contributed by atoms with Crippen LogP contribution in [0.5, 0.6) is 5.75 Å². The lowest BCUT2D eigenvalue weighted by molar-refractivity contribution is -0.131. The molecule has 1 aliphatic rings. The van der Waals surface area contributed by atoms with Crippen molar-refractivity contribution < 1.29 is 17.9 Å². The van der Waals surface area contributed by atoms with Gasteiger partial charge in [0.2, 0.25) is 15.9 Å². The second-order valence-corrected chi connectivity index (χ2v) is 8.25. The van der Waals surface area contributed by atoms with E-state index < -0.39 is 10.0 Å². The van der Waals surface area contributed by atoms with Gasteiger partial charge in [-0.25, -0.2) is 13.1 Å². The number of sulfonamides is 1. The second kappa shape index (κ2) is 8.54. The molecule has 1 aliphatic heterocycles. The number of carbonyl (C=O) groups excluding carboxylic acids is 1. The van der Waals surface area contributed by atoms with E-state index in [-0.39, 0.29) is 29.8 Å². The standard InChI is InChI=1S/C20H24N2O4S/c1-26-17-8-5-7-16(15-17)19-11-6-14-22(19)20(23)12-13-21-27(24,25)18-9-3-2-4-10-18/h2-5,7-10,15,19,21H,6,11-14H2,1H3. The van der Waals surface area contributed by atoms with Gasteiger partial charge in [0, 0.05) is 19.5 Å². The summed E-state index contributed by atoms with van der Waals surface area (Å²) in [5.74, 6) is 0.721. The molecule has 0 spiro atoms. The lowest BCUT2D eigenvalue weighted by atomic mass is 10.0. The Morgan fingerprint density at radius 3 is 2.70 bits per heavy atom. The molecular formula is C20H24N2O4S. The van der Waals surface area contributed by atoms with Crippen molar-refractivity contribution >= 4 is 15.9 Å². The van der Waals surface area contributed by atoms with Gasteiger partial charge in [0.1, 0.15) is 5.75 Å². The molecule has 0 bridgehead atoms. The van der Waals surface area contributed by atoms with E-state index in [0.717, 1.165) is 24.2 Å². The zero-order valence-corrected chi connectivity index (χ0v) is 16.1. The summed E-state index contributed by atoms with van der Waals surface area (Å²) in [6, 6.07) is 15.9. The van der Waals surface area contributed by atoms with E-state index in [9.17, 15) is 13.2 Å². The number of likely N-dealkylation sites (tertiary alicyclic amines) is 1. The lowest BCUT2D eigenvalue weighted by Gasteiger charge is -2.25. The number of methoxy groups -OCH3 is 1. The molecule has 1 heterocycles. The number of amides is 1. The van der Waals surface area contributed by atoms with Gasteiger partial charge in [-0.2, -0.15) is 0 Å². The number of hydrogen-bond acceptors (Lipinski definition) is 4. The molecule has 0 saturated carbocycles. The quantitative estimate of drug-likeness (QED) is 0.791. The van der Waals surface area contributed by atoms with Crippen LogP contribution >= 0.6 is 0 Å². The minimum Gasteiger partial charge on any atom is -0.497 e. The zero-order valence-electron chi connectivity index (χ0n) is 15.3. The van der Waals surface area contributed by atoms with E-state index in [4.69, 9.17) is 4.74 Å². The number of hydrogen-bond donors (Lipinski definition) is 1. The van der Waals surface area contributed by atoms with Crippen molar-refractivity contribution in [2.75, 3.05) is 20.2 Å². The summed E-state index contributed by atoms with van der Waals surface area (Å²) in [6.45, 7) is 0.767. The topological polar surface area (TPSA) is 75.7 Å². The normalized spacial score (nSPS) is 17.1. The van der Waals surface area contributed by atoms with E-state index in [0.29, 0.717) is 6.54 Å². The molecule has 6 nitrogen and oxygen atoms in total. The molecule has 2 aromatic rings. The molecule has 1 fully saturated rings. The van der Waals surface area contributed by atoms with Gasteiger partial charge >= 0.3 is 0 Å². The van der Waals surface area contributed by atoms with Crippen molar-refractivity contribution in [2.45, 2.75) is 30.2 Å². The Morgan fingerprint density at radius 1 is 1.19 bits per heavy atom. The lowest BCUT2D eigenvalue weighted by Crippen LogP contribution is -2.34. The van der Waals surface area contributed by atoms with Gasteiger partial charge in [0.25, 0.3) is 0 Å². The highest BCUT2D eigenvalue weighted by Crippen LogP contribution is 2.33. The van der Waals surface area contributed by atoms with Crippen LogP contribution in [0.2, 0.25) is 0 Å². The second-order valence-electron chi connectivity index (χ2n) is 6.48. The Hall–Kier alpha value is -2.38. The third kappa shape index (κ3) is 4.67. The number of rotatable bonds is 7. The summed E-state index contributed by atoms with van der Waals surface area (Å²) in [4.78, 5) is 14.7. The largest absolute Gasteiger partial charge is 0.497 e. The average Bonchev–Trinajstić information content (AvgIpc) is 3.18. The van der Waals surface area contributed by atoms with Crippen molar-refractivity contribution in [3.63, 3.8) is 0 Å². The fourth-order valence-corrected chi connectivity index (χ4v) is 4.43. The van der Waals surface area contributed by atoms with Crippen molar-refractivity contribution in [1.29, 1.82) is 0 Å². The molecular weight excluding hydrogens is 364 g/mol. The van der Waals surface area contributed by atoms with Gasteiger partial charge in [-0.05, 0) is 42.7 Å². The first-order valence-electron chi connectivity index (χ1n) is 8.99. The van der Waals surface area contributed by atoms with Crippen LogP contribution in [0.25, 0.3) is 0 Å². The molecule has 1 saturated heterocycles. The predicted octanol–water partition coefficient (Wildman–Crippen LogP) is 2.73. The molecule has 27 heavy (non-hydrogen) atoms. The minimum absolute atomic E-state index is 0.0123. The average molecular weight is 388 g/mol. The molecule has 1 N–H and O–H groups in total. The summed E-state index contributed by atoms with van der Waals surface area (Å²) in [7, 11) is -1.97. The molecule has 0 aromatic heterocycles. The molecule has 3 rings (SSSR count). The van der Waals surface area contributed by atoms with Crippen LogP contribution in [0.1, 0.15) is 30.9 Å². The van der Waals surface area contributed by atoms with E-state index in [2.05, 4.69) is 4.72 Å². The fraction of sp³-hybridized carbons (Fsp3) is 0.350. The van der Waals surface area contributed by atoms with Gasteiger partial charge in [0.05, 0.1) is 18.0 Å². The Bertz CT molecular complexity index is 884. The Kier molecular flexibility index (Phi) is 6.13. The van der Waals surface area contributed by atoms with Crippen LogP contribution in [-0.4, -0.2) is 39.4 Å². The Morgan fingerprint density at radius 2 is 1.96 bits per heavy atom. The highest BCUT2D eigenvalue weighted by atomic mass is 32.2. The van der Waals surface area contributed by atoms with Crippen molar-refractivity contribution in [2.24, 2.45) is 0 Å². The monoisotopic (exact) mass is 388 g/mol. The third-order valence-corrected chi connectivity index (χ3v) is 6.21. The van der Waals surface area contributed by atoms with Crippen molar-refractivity contribution in [3.8, 4) is 5.75 Å². The van der Waals surface area contributed by atoms with Crippen LogP contribution in [0.15, 0.2) is 59.5 Å². The predicted molar refractivity (Wildman–Crippen MR) is 103 cm³/mol. The van der Waals surface area contributed by atoms with Crippen LogP contribution in [0.3, 0.4) is 0 Å². The summed E-state index contributed by atoms with van der Waals surface area (Å²) in [5.41, 5.74) is 1.05. The van der Waals surface area contributed by atoms with Gasteiger partial charge in [0.15, 0.2) is 0 Å². The minimum atomic E-state index is -3.59. The summed E-state index contributed by atoms with van der Waals surface area (Å²) in [5, 5.41) is 0. The summed E-state index contributed by atoms with van der Waals surface area (Å²) >= 11 is 0. The first kappa shape index (κ1) is 19.4. The highest BCUT2D eigenvalue weighted by molar-refractivity contribution is 7.89. The smallest absolute Gasteiger partial charge is 0.240 e. The van der Waals surface area contributed by atoms with Gasteiger partial charge in [-0.3, -0.25) is 4.79 Å². The molecule has 2 aromatic carbocycles. The maximum Gasteiger partial charge on any atom is 0.240 e. The molecule has 0 radical (unpaired) electrons. The maximum absolute atomic E-state index is 12.7. The maximum atomic E-state index is 12.7. The highest BCUT2D eigenvalue weighted by Gasteiger charge is 2.30. The molecule has 1 unspecified atom stereocenters. The number of carbonyl (C=O) groups is 1. The first-order valence-corrected chi connectivity index (χ1v) is 10.5. The van der Waals surface area contributed by atoms with Crippen molar-refractivity contribution in [3.05, 3.63) is 60.2 Å². The Balaban J connectivity index is 1.60. The summed E-state index contributed by atoms with van der Waals surface area (Å²) < 4.78 is 32.3. The number of ether oxygens (including phenoxy) is 1. The van der Waals surface area contributed by atoms with Gasteiger partial charge < -0.3 is 9.64 Å².